The molecule has 5 nitrogen and oxygen atoms in total. The second-order valence-corrected chi connectivity index (χ2v) is 9.15. The van der Waals surface area contributed by atoms with Gasteiger partial charge in [-0.3, -0.25) is 0 Å². The Bertz CT molecular complexity index is 524. The Labute approximate surface area is 133 Å². The van der Waals surface area contributed by atoms with Crippen LogP contribution in [0.5, 0.6) is 0 Å². The number of hydrogen-bond donors (Lipinski definition) is 1. The van der Waals surface area contributed by atoms with Gasteiger partial charge >= 0.3 is 0 Å². The van der Waals surface area contributed by atoms with Crippen LogP contribution in [0, 0.1) is 0 Å². The van der Waals surface area contributed by atoms with Gasteiger partial charge in [-0.2, -0.15) is 4.31 Å². The molecule has 0 bridgehead atoms. The second-order valence-electron chi connectivity index (χ2n) is 5.71. The summed E-state index contributed by atoms with van der Waals surface area (Å²) in [5.74, 6) is 0. The van der Waals surface area contributed by atoms with E-state index in [1.807, 2.05) is 25.1 Å². The van der Waals surface area contributed by atoms with Gasteiger partial charge in [0.15, 0.2) is 0 Å². The summed E-state index contributed by atoms with van der Waals surface area (Å²) in [6, 6.07) is 4.08. The molecule has 0 unspecified atom stereocenters. The molecule has 7 heteroatoms. The van der Waals surface area contributed by atoms with Crippen LogP contribution in [0.4, 0.5) is 0 Å². The van der Waals surface area contributed by atoms with Crippen LogP contribution in [-0.4, -0.2) is 64.4 Å². The molecule has 0 fully saturated rings. The molecule has 1 heterocycles. The van der Waals surface area contributed by atoms with Crippen molar-refractivity contribution in [3.8, 4) is 0 Å². The molecule has 1 aromatic heterocycles. The lowest BCUT2D eigenvalue weighted by Gasteiger charge is -2.18. The van der Waals surface area contributed by atoms with E-state index < -0.39 is 10.0 Å². The lowest BCUT2D eigenvalue weighted by atomic mass is 10.3. The van der Waals surface area contributed by atoms with Crippen molar-refractivity contribution in [2.24, 2.45) is 0 Å². The number of nitrogens with zero attached hydrogens (tertiary/aromatic N) is 2. The fourth-order valence-corrected chi connectivity index (χ4v) is 4.46. The first kappa shape index (κ1) is 18.6. The van der Waals surface area contributed by atoms with Crippen LogP contribution in [0.15, 0.2) is 16.3 Å². The number of likely N-dealkylation sites (N-methyl/N-ethyl adjacent to an activating group) is 2. The van der Waals surface area contributed by atoms with Crippen LogP contribution >= 0.6 is 11.3 Å². The number of sulfonamides is 1. The van der Waals surface area contributed by atoms with Crippen molar-refractivity contribution in [1.29, 1.82) is 0 Å². The molecule has 0 saturated carbocycles. The average molecular weight is 334 g/mol. The fraction of sp³-hybridized carbons (Fsp3) is 0.714. The molecule has 1 rings (SSSR count). The first-order chi connectivity index (χ1) is 9.73. The highest BCUT2D eigenvalue weighted by molar-refractivity contribution is 7.91. The van der Waals surface area contributed by atoms with Gasteiger partial charge in [0.25, 0.3) is 10.0 Å². The third-order valence-corrected chi connectivity index (χ3v) is 6.56. The Morgan fingerprint density at radius 3 is 2.43 bits per heavy atom. The van der Waals surface area contributed by atoms with Gasteiger partial charge in [0.1, 0.15) is 4.21 Å². The van der Waals surface area contributed by atoms with Crippen molar-refractivity contribution < 1.29 is 8.42 Å². The van der Waals surface area contributed by atoms with Crippen LogP contribution < -0.4 is 5.32 Å². The molecule has 0 amide bonds. The van der Waals surface area contributed by atoms with E-state index in [2.05, 4.69) is 19.2 Å². The summed E-state index contributed by atoms with van der Waals surface area (Å²) >= 11 is 1.37. The predicted octanol–water partition coefficient (Wildman–Crippen LogP) is 1.47. The SMILES string of the molecule is CC(C)NCCc1ccc(S(=O)(=O)N(C)CCN(C)C)s1. The van der Waals surface area contributed by atoms with Gasteiger partial charge in [-0.15, -0.1) is 11.3 Å². The maximum atomic E-state index is 12.4. The summed E-state index contributed by atoms with van der Waals surface area (Å²) in [5.41, 5.74) is 0. The van der Waals surface area contributed by atoms with Gasteiger partial charge in [-0.25, -0.2) is 8.42 Å². The lowest BCUT2D eigenvalue weighted by Crippen LogP contribution is -2.33. The number of thiophene rings is 1. The Morgan fingerprint density at radius 1 is 1.19 bits per heavy atom. The molecule has 1 N–H and O–H groups in total. The normalized spacial score (nSPS) is 12.8. The highest BCUT2D eigenvalue weighted by Crippen LogP contribution is 2.24. The lowest BCUT2D eigenvalue weighted by molar-refractivity contribution is 0.359. The molecule has 0 aromatic carbocycles. The standard InChI is InChI=1S/C14H27N3O2S2/c1-12(2)15-9-8-13-6-7-14(20-13)21(18,19)17(5)11-10-16(3)4/h6-7,12,15H,8-11H2,1-5H3. The first-order valence-corrected chi connectivity index (χ1v) is 9.42. The minimum absolute atomic E-state index is 0.434. The molecule has 0 saturated heterocycles. The molecule has 0 radical (unpaired) electrons. The van der Waals surface area contributed by atoms with Crippen LogP contribution in [-0.2, 0) is 16.4 Å². The smallest absolute Gasteiger partial charge is 0.252 e. The Kier molecular flexibility index (Phi) is 7.29. The van der Waals surface area contributed by atoms with Crippen LogP contribution in [0.2, 0.25) is 0 Å². The van der Waals surface area contributed by atoms with E-state index in [9.17, 15) is 8.42 Å². The summed E-state index contributed by atoms with van der Waals surface area (Å²) in [7, 11) is 2.16. The van der Waals surface area contributed by atoms with Gasteiger partial charge in [0.2, 0.25) is 0 Å². The van der Waals surface area contributed by atoms with E-state index in [1.54, 1.807) is 13.1 Å². The Balaban J connectivity index is 2.65. The van der Waals surface area contributed by atoms with Crippen LogP contribution in [0.1, 0.15) is 18.7 Å². The van der Waals surface area contributed by atoms with Crippen molar-refractivity contribution in [1.82, 2.24) is 14.5 Å². The molecule has 0 aliphatic rings. The minimum Gasteiger partial charge on any atom is -0.314 e. The summed E-state index contributed by atoms with van der Waals surface area (Å²) in [5, 5.41) is 3.34. The molecular weight excluding hydrogens is 306 g/mol. The van der Waals surface area contributed by atoms with Crippen molar-refractivity contribution >= 4 is 21.4 Å². The predicted molar refractivity (Wildman–Crippen MR) is 89.5 cm³/mol. The topological polar surface area (TPSA) is 52.7 Å². The first-order valence-electron chi connectivity index (χ1n) is 7.16. The molecule has 0 aliphatic carbocycles. The van der Waals surface area contributed by atoms with Gasteiger partial charge in [0, 0.05) is 37.6 Å². The van der Waals surface area contributed by atoms with E-state index in [1.165, 1.54) is 15.6 Å². The summed E-state index contributed by atoms with van der Waals surface area (Å²) < 4.78 is 26.7. The van der Waals surface area contributed by atoms with Crippen molar-refractivity contribution in [2.75, 3.05) is 40.8 Å². The van der Waals surface area contributed by atoms with Crippen molar-refractivity contribution in [3.63, 3.8) is 0 Å². The molecule has 1 aromatic rings. The van der Waals surface area contributed by atoms with E-state index >= 15 is 0 Å². The van der Waals surface area contributed by atoms with Crippen LogP contribution in [0.25, 0.3) is 0 Å². The maximum Gasteiger partial charge on any atom is 0.252 e. The quantitative estimate of drug-likeness (QED) is 0.743. The minimum atomic E-state index is -3.35. The molecule has 0 spiro atoms. The monoisotopic (exact) mass is 333 g/mol. The number of rotatable bonds is 9. The van der Waals surface area contributed by atoms with Gasteiger partial charge < -0.3 is 10.2 Å². The largest absolute Gasteiger partial charge is 0.314 e. The summed E-state index contributed by atoms with van der Waals surface area (Å²) in [6.45, 7) is 6.28. The highest BCUT2D eigenvalue weighted by Gasteiger charge is 2.22. The zero-order valence-corrected chi connectivity index (χ0v) is 15.2. The Morgan fingerprint density at radius 2 is 1.86 bits per heavy atom. The molecule has 122 valence electrons. The highest BCUT2D eigenvalue weighted by atomic mass is 32.2. The van der Waals surface area contributed by atoms with Gasteiger partial charge in [-0.05, 0) is 32.6 Å². The average Bonchev–Trinajstić information content (AvgIpc) is 2.84. The van der Waals surface area contributed by atoms with Crippen molar-refractivity contribution in [3.05, 3.63) is 17.0 Å². The van der Waals surface area contributed by atoms with E-state index in [0.29, 0.717) is 23.3 Å². The zero-order valence-electron chi connectivity index (χ0n) is 13.6. The number of nitrogens with one attached hydrogen (secondary N) is 1. The molecule has 0 aliphatic heterocycles. The van der Waals surface area contributed by atoms with Crippen molar-refractivity contribution in [2.45, 2.75) is 30.5 Å². The van der Waals surface area contributed by atoms with Gasteiger partial charge in [0.05, 0.1) is 0 Å². The van der Waals surface area contributed by atoms with E-state index in [0.717, 1.165) is 17.8 Å². The molecular formula is C14H27N3O2S2. The third-order valence-electron chi connectivity index (χ3n) is 3.09. The zero-order chi connectivity index (χ0) is 16.0. The maximum absolute atomic E-state index is 12.4. The summed E-state index contributed by atoms with van der Waals surface area (Å²) in [4.78, 5) is 3.08. The second kappa shape index (κ2) is 8.24. The van der Waals surface area contributed by atoms with Crippen LogP contribution in [0.3, 0.4) is 0 Å². The summed E-state index contributed by atoms with van der Waals surface area (Å²) in [6.07, 6.45) is 0.861. The number of hydrogen-bond acceptors (Lipinski definition) is 5. The molecule has 21 heavy (non-hydrogen) atoms. The van der Waals surface area contributed by atoms with Gasteiger partial charge in [-0.1, -0.05) is 13.8 Å². The third kappa shape index (κ3) is 6.04. The molecule has 0 atom stereocenters. The van der Waals surface area contributed by atoms with E-state index in [4.69, 9.17) is 0 Å². The fourth-order valence-electron chi connectivity index (χ4n) is 1.73. The Hall–Kier alpha value is -0.470. The van der Waals surface area contributed by atoms with E-state index in [-0.39, 0.29) is 0 Å².